The Kier molecular flexibility index (Phi) is 5.96. The highest BCUT2D eigenvalue weighted by molar-refractivity contribution is 9.11. The van der Waals surface area contributed by atoms with Gasteiger partial charge in [-0.3, -0.25) is 0 Å². The van der Waals surface area contributed by atoms with E-state index in [1.807, 2.05) is 0 Å². The van der Waals surface area contributed by atoms with Crippen molar-refractivity contribution in [3.63, 3.8) is 0 Å². The lowest BCUT2D eigenvalue weighted by Gasteiger charge is -2.03. The highest BCUT2D eigenvalue weighted by atomic mass is 79.9. The Morgan fingerprint density at radius 3 is 2.62 bits per heavy atom. The first kappa shape index (κ1) is 14.2. The zero-order valence-electron chi connectivity index (χ0n) is 9.20. The Hall–Kier alpha value is 0.0900. The molecule has 0 spiro atoms. The average molecular weight is 326 g/mol. The van der Waals surface area contributed by atoms with Crippen LogP contribution in [0.25, 0.3) is 0 Å². The summed E-state index contributed by atoms with van der Waals surface area (Å²) in [7, 11) is -3.29. The molecule has 1 N–H and O–H groups in total. The van der Waals surface area contributed by atoms with Crippen LogP contribution in [0.3, 0.4) is 0 Å². The van der Waals surface area contributed by atoms with Gasteiger partial charge in [0, 0.05) is 6.54 Å². The van der Waals surface area contributed by atoms with Gasteiger partial charge in [0.2, 0.25) is 10.0 Å². The van der Waals surface area contributed by atoms with Gasteiger partial charge in [-0.25, -0.2) is 13.1 Å². The molecule has 0 aliphatic carbocycles. The fourth-order valence-corrected chi connectivity index (χ4v) is 4.40. The van der Waals surface area contributed by atoms with Gasteiger partial charge < -0.3 is 0 Å². The van der Waals surface area contributed by atoms with E-state index in [0.717, 1.165) is 29.5 Å². The lowest BCUT2D eigenvalue weighted by Crippen LogP contribution is -2.23. The Labute approximate surface area is 109 Å². The van der Waals surface area contributed by atoms with Crippen LogP contribution in [-0.2, 0) is 10.0 Å². The predicted octanol–water partition coefficient (Wildman–Crippen LogP) is 3.37. The van der Waals surface area contributed by atoms with Crippen molar-refractivity contribution >= 4 is 37.3 Å². The van der Waals surface area contributed by atoms with Crippen LogP contribution >= 0.6 is 27.3 Å². The summed E-state index contributed by atoms with van der Waals surface area (Å²) in [6.45, 7) is 2.66. The third kappa shape index (κ3) is 4.53. The van der Waals surface area contributed by atoms with E-state index in [4.69, 9.17) is 0 Å². The van der Waals surface area contributed by atoms with E-state index in [-0.39, 0.29) is 0 Å². The molecule has 0 amide bonds. The first-order valence-electron chi connectivity index (χ1n) is 5.31. The molecule has 0 saturated heterocycles. The summed E-state index contributed by atoms with van der Waals surface area (Å²) >= 11 is 4.48. The first-order valence-corrected chi connectivity index (χ1v) is 8.40. The Bertz CT molecular complexity index is 414. The molecule has 92 valence electrons. The van der Waals surface area contributed by atoms with Gasteiger partial charge in [0.05, 0.1) is 3.79 Å². The van der Waals surface area contributed by atoms with Crippen molar-refractivity contribution in [1.29, 1.82) is 0 Å². The topological polar surface area (TPSA) is 46.2 Å². The fourth-order valence-electron chi connectivity index (χ4n) is 1.27. The third-order valence-electron chi connectivity index (χ3n) is 2.14. The number of thiophene rings is 1. The van der Waals surface area contributed by atoms with Gasteiger partial charge in [0.15, 0.2) is 0 Å². The SMILES string of the molecule is CCCCCCNS(=O)(=O)c1ccc(Br)s1. The van der Waals surface area contributed by atoms with Crippen LogP contribution < -0.4 is 4.72 Å². The average Bonchev–Trinajstić information content (AvgIpc) is 2.65. The first-order chi connectivity index (χ1) is 7.56. The molecule has 16 heavy (non-hydrogen) atoms. The molecule has 6 heteroatoms. The standard InChI is InChI=1S/C10H16BrNO2S2/c1-2-3-4-5-8-12-16(13,14)10-7-6-9(11)15-10/h6-7,12H,2-5,8H2,1H3. The van der Waals surface area contributed by atoms with E-state index in [1.165, 1.54) is 11.3 Å². The van der Waals surface area contributed by atoms with Gasteiger partial charge in [-0.05, 0) is 34.5 Å². The van der Waals surface area contributed by atoms with E-state index < -0.39 is 10.0 Å². The lowest BCUT2D eigenvalue weighted by molar-refractivity contribution is 0.575. The van der Waals surface area contributed by atoms with Crippen molar-refractivity contribution < 1.29 is 8.42 Å². The van der Waals surface area contributed by atoms with Gasteiger partial charge in [-0.15, -0.1) is 11.3 Å². The second kappa shape index (κ2) is 6.74. The van der Waals surface area contributed by atoms with Gasteiger partial charge >= 0.3 is 0 Å². The largest absolute Gasteiger partial charge is 0.250 e. The monoisotopic (exact) mass is 325 g/mol. The molecule has 0 saturated carbocycles. The van der Waals surface area contributed by atoms with E-state index in [1.54, 1.807) is 12.1 Å². The normalized spacial score (nSPS) is 11.9. The molecule has 0 unspecified atom stereocenters. The number of nitrogens with one attached hydrogen (secondary N) is 1. The molecule has 0 bridgehead atoms. The minimum atomic E-state index is -3.29. The quantitative estimate of drug-likeness (QED) is 0.781. The Morgan fingerprint density at radius 1 is 1.31 bits per heavy atom. The molecule has 1 rings (SSSR count). The number of unbranched alkanes of at least 4 members (excludes halogenated alkanes) is 3. The molecule has 3 nitrogen and oxygen atoms in total. The van der Waals surface area contributed by atoms with Crippen LogP contribution in [-0.4, -0.2) is 15.0 Å². The number of sulfonamides is 1. The summed E-state index contributed by atoms with van der Waals surface area (Å²) in [5.74, 6) is 0. The van der Waals surface area contributed by atoms with Crippen LogP contribution in [0.1, 0.15) is 32.6 Å². The molecule has 0 radical (unpaired) electrons. The summed E-state index contributed by atoms with van der Waals surface area (Å²) in [5.41, 5.74) is 0. The second-order valence-electron chi connectivity index (χ2n) is 3.52. The fraction of sp³-hybridized carbons (Fsp3) is 0.600. The summed E-state index contributed by atoms with van der Waals surface area (Å²) in [6.07, 6.45) is 4.30. The van der Waals surface area contributed by atoms with Crippen molar-refractivity contribution in [1.82, 2.24) is 4.72 Å². The van der Waals surface area contributed by atoms with E-state index in [0.29, 0.717) is 10.8 Å². The molecule has 1 aromatic heterocycles. The maximum absolute atomic E-state index is 11.8. The van der Waals surface area contributed by atoms with E-state index in [9.17, 15) is 8.42 Å². The maximum Gasteiger partial charge on any atom is 0.250 e. The van der Waals surface area contributed by atoms with Crippen LogP contribution in [0, 0.1) is 0 Å². The number of hydrogen-bond acceptors (Lipinski definition) is 3. The molecule has 0 aliphatic rings. The molecule has 0 aliphatic heterocycles. The van der Waals surface area contributed by atoms with Gasteiger partial charge in [-0.2, -0.15) is 0 Å². The smallest absolute Gasteiger partial charge is 0.210 e. The van der Waals surface area contributed by atoms with Crippen molar-refractivity contribution in [3.05, 3.63) is 15.9 Å². The maximum atomic E-state index is 11.8. The van der Waals surface area contributed by atoms with Crippen LogP contribution in [0.4, 0.5) is 0 Å². The van der Waals surface area contributed by atoms with E-state index >= 15 is 0 Å². The predicted molar refractivity (Wildman–Crippen MR) is 71.3 cm³/mol. The number of halogens is 1. The van der Waals surface area contributed by atoms with Crippen molar-refractivity contribution in [2.24, 2.45) is 0 Å². The molecule has 0 atom stereocenters. The van der Waals surface area contributed by atoms with Gasteiger partial charge in [0.25, 0.3) is 0 Å². The van der Waals surface area contributed by atoms with Gasteiger partial charge in [-0.1, -0.05) is 26.2 Å². The van der Waals surface area contributed by atoms with E-state index in [2.05, 4.69) is 27.6 Å². The van der Waals surface area contributed by atoms with Crippen LogP contribution in [0.2, 0.25) is 0 Å². The lowest BCUT2D eigenvalue weighted by atomic mass is 10.2. The summed E-state index contributed by atoms with van der Waals surface area (Å²) in [4.78, 5) is 0. The highest BCUT2D eigenvalue weighted by Gasteiger charge is 2.15. The minimum Gasteiger partial charge on any atom is -0.210 e. The van der Waals surface area contributed by atoms with Crippen LogP contribution in [0.15, 0.2) is 20.1 Å². The molecule has 1 aromatic rings. The Morgan fingerprint density at radius 2 is 2.06 bits per heavy atom. The highest BCUT2D eigenvalue weighted by Crippen LogP contribution is 2.25. The molecule has 0 fully saturated rings. The Balaban J connectivity index is 2.41. The minimum absolute atomic E-state index is 0.370. The number of rotatable bonds is 7. The summed E-state index contributed by atoms with van der Waals surface area (Å²) in [6, 6.07) is 3.36. The zero-order valence-corrected chi connectivity index (χ0v) is 12.4. The molecule has 0 aromatic carbocycles. The van der Waals surface area contributed by atoms with Crippen LogP contribution in [0.5, 0.6) is 0 Å². The molecule has 1 heterocycles. The summed E-state index contributed by atoms with van der Waals surface area (Å²) in [5, 5.41) is 0. The van der Waals surface area contributed by atoms with Crippen molar-refractivity contribution in [2.45, 2.75) is 36.8 Å². The molecular weight excluding hydrogens is 310 g/mol. The van der Waals surface area contributed by atoms with Crippen molar-refractivity contribution in [2.75, 3.05) is 6.54 Å². The third-order valence-corrected chi connectivity index (χ3v) is 5.71. The molecular formula is C10H16BrNO2S2. The number of hydrogen-bond donors (Lipinski definition) is 1. The van der Waals surface area contributed by atoms with Gasteiger partial charge in [0.1, 0.15) is 4.21 Å². The van der Waals surface area contributed by atoms with Crippen molar-refractivity contribution in [3.8, 4) is 0 Å². The summed E-state index contributed by atoms with van der Waals surface area (Å²) < 4.78 is 27.3. The second-order valence-corrected chi connectivity index (χ2v) is 7.97. The zero-order chi connectivity index (χ0) is 12.0.